The summed E-state index contributed by atoms with van der Waals surface area (Å²) in [5.74, 6) is -0.508. The summed E-state index contributed by atoms with van der Waals surface area (Å²) < 4.78 is 15.3. The zero-order valence-corrected chi connectivity index (χ0v) is 16.0. The maximum Gasteiger partial charge on any atom is 0.344 e. The first-order valence-corrected chi connectivity index (χ1v) is 9.15. The smallest absolute Gasteiger partial charge is 0.344 e. The zero-order valence-electron chi connectivity index (χ0n) is 16.0. The van der Waals surface area contributed by atoms with Crippen molar-refractivity contribution in [2.45, 2.75) is 6.54 Å². The van der Waals surface area contributed by atoms with Crippen LogP contribution >= 0.6 is 0 Å². The molecule has 0 aliphatic carbocycles. The summed E-state index contributed by atoms with van der Waals surface area (Å²) in [6.45, 7) is -0.602. The van der Waals surface area contributed by atoms with Crippen LogP contribution in [0.15, 0.2) is 77.4 Å². The summed E-state index contributed by atoms with van der Waals surface area (Å²) in [5.41, 5.74) is 0.576. The molecule has 0 spiro atoms. The minimum absolute atomic E-state index is 0.215. The third-order valence-corrected chi connectivity index (χ3v) is 3.91. The molecule has 3 aromatic rings. The SMILES string of the molecule is O=C(COC(=O)COc1ccccc1)Nc1ccccc1C(=O)NCc1ccco1. The van der Waals surface area contributed by atoms with Crippen molar-refractivity contribution >= 4 is 23.5 Å². The van der Waals surface area contributed by atoms with E-state index >= 15 is 0 Å². The van der Waals surface area contributed by atoms with Gasteiger partial charge >= 0.3 is 5.97 Å². The monoisotopic (exact) mass is 408 g/mol. The Bertz CT molecular complexity index is 986. The molecule has 0 saturated heterocycles. The Morgan fingerprint density at radius 2 is 1.63 bits per heavy atom. The number of nitrogens with one attached hydrogen (secondary N) is 2. The molecule has 2 amide bonds. The van der Waals surface area contributed by atoms with Gasteiger partial charge in [0, 0.05) is 0 Å². The van der Waals surface area contributed by atoms with E-state index in [1.54, 1.807) is 60.7 Å². The Kier molecular flexibility index (Phi) is 7.21. The molecule has 2 aromatic carbocycles. The lowest BCUT2D eigenvalue weighted by atomic mass is 10.1. The van der Waals surface area contributed by atoms with Crippen molar-refractivity contribution in [1.82, 2.24) is 5.32 Å². The van der Waals surface area contributed by atoms with Crippen molar-refractivity contribution in [3.63, 3.8) is 0 Å². The molecule has 0 radical (unpaired) electrons. The van der Waals surface area contributed by atoms with Crippen LogP contribution in [0.25, 0.3) is 0 Å². The number of ether oxygens (including phenoxy) is 2. The Morgan fingerprint density at radius 3 is 2.40 bits per heavy atom. The molecular formula is C22H20N2O6. The standard InChI is InChI=1S/C22H20N2O6/c25-20(14-30-21(26)15-29-16-7-2-1-3-8-16)24-19-11-5-4-10-18(19)22(27)23-13-17-9-6-12-28-17/h1-12H,13-15H2,(H,23,27)(H,24,25). The number of para-hydroxylation sites is 2. The fraction of sp³-hybridized carbons (Fsp3) is 0.136. The van der Waals surface area contributed by atoms with Gasteiger partial charge in [-0.1, -0.05) is 30.3 Å². The Hall–Kier alpha value is -4.07. The molecule has 1 aromatic heterocycles. The Morgan fingerprint density at radius 1 is 0.867 bits per heavy atom. The predicted molar refractivity (Wildman–Crippen MR) is 108 cm³/mol. The fourth-order valence-electron chi connectivity index (χ4n) is 2.50. The van der Waals surface area contributed by atoms with Gasteiger partial charge in [0.2, 0.25) is 0 Å². The van der Waals surface area contributed by atoms with Crippen LogP contribution in [0, 0.1) is 0 Å². The molecule has 0 bridgehead atoms. The summed E-state index contributed by atoms with van der Waals surface area (Å²) >= 11 is 0. The minimum atomic E-state index is -0.682. The average Bonchev–Trinajstić information content (AvgIpc) is 3.29. The van der Waals surface area contributed by atoms with Gasteiger partial charge in [0.25, 0.3) is 11.8 Å². The molecule has 8 nitrogen and oxygen atoms in total. The maximum absolute atomic E-state index is 12.4. The quantitative estimate of drug-likeness (QED) is 0.527. The van der Waals surface area contributed by atoms with Crippen LogP contribution in [-0.4, -0.2) is 31.0 Å². The summed E-state index contributed by atoms with van der Waals surface area (Å²) in [6.07, 6.45) is 1.52. The van der Waals surface area contributed by atoms with Gasteiger partial charge in [0.15, 0.2) is 13.2 Å². The summed E-state index contributed by atoms with van der Waals surface area (Å²) in [5, 5.41) is 5.28. The van der Waals surface area contributed by atoms with E-state index in [4.69, 9.17) is 13.9 Å². The van der Waals surface area contributed by atoms with Crippen LogP contribution < -0.4 is 15.4 Å². The molecule has 8 heteroatoms. The highest BCUT2D eigenvalue weighted by molar-refractivity contribution is 6.04. The Labute approximate surface area is 172 Å². The van der Waals surface area contributed by atoms with Crippen LogP contribution in [0.3, 0.4) is 0 Å². The first-order valence-electron chi connectivity index (χ1n) is 9.15. The summed E-state index contributed by atoms with van der Waals surface area (Å²) in [6, 6.07) is 18.8. The molecule has 2 N–H and O–H groups in total. The van der Waals surface area contributed by atoms with Crippen molar-refractivity contribution in [2.75, 3.05) is 18.5 Å². The predicted octanol–water partition coefficient (Wildman–Crippen LogP) is 2.77. The highest BCUT2D eigenvalue weighted by Gasteiger charge is 2.14. The van der Waals surface area contributed by atoms with Gasteiger partial charge in [-0.05, 0) is 36.4 Å². The first-order chi connectivity index (χ1) is 14.6. The average molecular weight is 408 g/mol. The molecule has 0 saturated carbocycles. The third-order valence-electron chi connectivity index (χ3n) is 3.91. The second kappa shape index (κ2) is 10.5. The lowest BCUT2D eigenvalue weighted by molar-refractivity contribution is -0.149. The van der Waals surface area contributed by atoms with E-state index in [1.165, 1.54) is 6.26 Å². The molecule has 154 valence electrons. The number of anilines is 1. The van der Waals surface area contributed by atoms with Gasteiger partial charge in [-0.2, -0.15) is 0 Å². The number of carbonyl (C=O) groups is 3. The third kappa shape index (κ3) is 6.23. The molecule has 0 aliphatic heterocycles. The fourth-order valence-corrected chi connectivity index (χ4v) is 2.50. The van der Waals surface area contributed by atoms with Gasteiger partial charge in [0.1, 0.15) is 11.5 Å². The molecule has 0 atom stereocenters. The molecule has 0 unspecified atom stereocenters. The number of esters is 1. The van der Waals surface area contributed by atoms with E-state index in [9.17, 15) is 14.4 Å². The van der Waals surface area contributed by atoms with Gasteiger partial charge in [0.05, 0.1) is 24.1 Å². The molecule has 3 rings (SSSR count). The number of hydrogen-bond acceptors (Lipinski definition) is 6. The normalized spacial score (nSPS) is 10.1. The van der Waals surface area contributed by atoms with Crippen LogP contribution in [0.2, 0.25) is 0 Å². The minimum Gasteiger partial charge on any atom is -0.482 e. The molecule has 30 heavy (non-hydrogen) atoms. The van der Waals surface area contributed by atoms with Crippen molar-refractivity contribution in [3.8, 4) is 5.75 Å². The number of benzene rings is 2. The van der Waals surface area contributed by atoms with Gasteiger partial charge < -0.3 is 24.5 Å². The van der Waals surface area contributed by atoms with Gasteiger partial charge in [-0.25, -0.2) is 4.79 Å². The van der Waals surface area contributed by atoms with Gasteiger partial charge in [-0.3, -0.25) is 9.59 Å². The van der Waals surface area contributed by atoms with Crippen LogP contribution in [0.1, 0.15) is 16.1 Å². The highest BCUT2D eigenvalue weighted by atomic mass is 16.6. The number of furan rings is 1. The van der Waals surface area contributed by atoms with Gasteiger partial charge in [-0.15, -0.1) is 0 Å². The second-order valence-corrected chi connectivity index (χ2v) is 6.12. The van der Waals surface area contributed by atoms with Crippen molar-refractivity contribution in [3.05, 3.63) is 84.3 Å². The number of carbonyl (C=O) groups excluding carboxylic acids is 3. The number of hydrogen-bond donors (Lipinski definition) is 2. The molecule has 0 fully saturated rings. The van der Waals surface area contributed by atoms with Crippen molar-refractivity contribution in [2.24, 2.45) is 0 Å². The second-order valence-electron chi connectivity index (χ2n) is 6.12. The summed E-state index contributed by atoms with van der Waals surface area (Å²) in [7, 11) is 0. The van der Waals surface area contributed by atoms with E-state index in [0.717, 1.165) is 0 Å². The molecule has 1 heterocycles. The zero-order chi connectivity index (χ0) is 21.2. The Balaban J connectivity index is 1.47. The van der Waals surface area contributed by atoms with E-state index < -0.39 is 18.5 Å². The molecular weight excluding hydrogens is 388 g/mol. The largest absolute Gasteiger partial charge is 0.482 e. The van der Waals surface area contributed by atoms with E-state index in [2.05, 4.69) is 10.6 Å². The van der Waals surface area contributed by atoms with Crippen molar-refractivity contribution in [1.29, 1.82) is 0 Å². The number of amides is 2. The number of rotatable bonds is 9. The first kappa shape index (κ1) is 20.7. The van der Waals surface area contributed by atoms with Crippen molar-refractivity contribution < 1.29 is 28.3 Å². The lowest BCUT2D eigenvalue weighted by Gasteiger charge is -2.11. The molecule has 0 aliphatic rings. The van der Waals surface area contributed by atoms with E-state index in [1.807, 2.05) is 6.07 Å². The topological polar surface area (TPSA) is 107 Å². The van der Waals surface area contributed by atoms with Crippen LogP contribution in [0.5, 0.6) is 5.75 Å². The maximum atomic E-state index is 12.4. The van der Waals surface area contributed by atoms with Crippen LogP contribution in [0.4, 0.5) is 5.69 Å². The van der Waals surface area contributed by atoms with E-state index in [-0.39, 0.29) is 24.6 Å². The summed E-state index contributed by atoms with van der Waals surface area (Å²) in [4.78, 5) is 36.3. The van der Waals surface area contributed by atoms with E-state index in [0.29, 0.717) is 17.2 Å². The highest BCUT2D eigenvalue weighted by Crippen LogP contribution is 2.15. The lowest BCUT2D eigenvalue weighted by Crippen LogP contribution is -2.27. The van der Waals surface area contributed by atoms with Crippen LogP contribution in [-0.2, 0) is 20.9 Å².